The van der Waals surface area contributed by atoms with Gasteiger partial charge in [-0.25, -0.2) is 4.21 Å². The molecule has 1 unspecified atom stereocenters. The Kier molecular flexibility index (Phi) is 5.18. The van der Waals surface area contributed by atoms with Crippen molar-refractivity contribution >= 4 is 26.3 Å². The maximum atomic E-state index is 13.4. The first-order valence-electron chi connectivity index (χ1n) is 8.10. The predicted octanol–water partition coefficient (Wildman–Crippen LogP) is 3.99. The number of benzene rings is 2. The van der Waals surface area contributed by atoms with E-state index in [2.05, 4.69) is 9.35 Å². The van der Waals surface area contributed by atoms with Gasteiger partial charge in [0.25, 0.3) is 0 Å². The Labute approximate surface area is 158 Å². The fourth-order valence-electron chi connectivity index (χ4n) is 2.88. The van der Waals surface area contributed by atoms with E-state index in [1.807, 2.05) is 18.2 Å². The van der Waals surface area contributed by atoms with Crippen LogP contribution in [0.4, 0.5) is 5.69 Å². The number of H-pyrrole nitrogens is 1. The molecular formula is C19H22N2O5S. The van der Waals surface area contributed by atoms with Gasteiger partial charge in [0.05, 0.1) is 48.8 Å². The summed E-state index contributed by atoms with van der Waals surface area (Å²) in [5.74, 6) is 2.04. The lowest BCUT2D eigenvalue weighted by Gasteiger charge is -2.13. The molecule has 0 fully saturated rings. The molecule has 0 aliphatic carbocycles. The van der Waals surface area contributed by atoms with Gasteiger partial charge >= 0.3 is 0 Å². The average molecular weight is 390 g/mol. The topological polar surface area (TPSA) is 82.1 Å². The number of methoxy groups -OCH3 is 4. The van der Waals surface area contributed by atoms with Crippen LogP contribution in [0, 0.1) is 0 Å². The molecule has 1 aromatic heterocycles. The molecule has 1 heterocycles. The third kappa shape index (κ3) is 3.52. The van der Waals surface area contributed by atoms with Crippen molar-refractivity contribution < 1.29 is 23.2 Å². The summed E-state index contributed by atoms with van der Waals surface area (Å²) in [6.45, 7) is 0. The summed E-state index contributed by atoms with van der Waals surface area (Å²) in [5.41, 5.74) is 1.33. The molecule has 0 aliphatic rings. The number of nitrogens with one attached hydrogen (secondary N) is 1. The van der Waals surface area contributed by atoms with Crippen LogP contribution in [-0.2, 0) is 9.73 Å². The van der Waals surface area contributed by atoms with Gasteiger partial charge in [-0.2, -0.15) is 4.36 Å². The van der Waals surface area contributed by atoms with Crippen molar-refractivity contribution in [2.75, 3.05) is 34.7 Å². The zero-order chi connectivity index (χ0) is 19.6. The van der Waals surface area contributed by atoms with E-state index in [1.54, 1.807) is 31.7 Å². The SMILES string of the molecule is COc1ccc2[nH]cc(S(C)(=O)=Nc3cc(OC)c(OC)c(OC)c3)c2c1. The number of hydrogen-bond donors (Lipinski definition) is 1. The van der Waals surface area contributed by atoms with Crippen LogP contribution < -0.4 is 18.9 Å². The Hall–Kier alpha value is -2.87. The molecule has 3 aromatic rings. The number of hydrogen-bond acceptors (Lipinski definition) is 6. The number of fused-ring (bicyclic) bond motifs is 1. The molecule has 0 amide bonds. The van der Waals surface area contributed by atoms with Gasteiger partial charge < -0.3 is 23.9 Å². The van der Waals surface area contributed by atoms with Crippen molar-refractivity contribution in [3.05, 3.63) is 36.5 Å². The van der Waals surface area contributed by atoms with Gasteiger partial charge in [0.2, 0.25) is 5.75 Å². The molecular weight excluding hydrogens is 368 g/mol. The lowest BCUT2D eigenvalue weighted by molar-refractivity contribution is 0.324. The number of rotatable bonds is 6. The van der Waals surface area contributed by atoms with Gasteiger partial charge in [0.1, 0.15) is 5.75 Å². The maximum Gasteiger partial charge on any atom is 0.203 e. The minimum atomic E-state index is -2.75. The monoisotopic (exact) mass is 390 g/mol. The molecule has 0 saturated carbocycles. The zero-order valence-corrected chi connectivity index (χ0v) is 16.7. The Bertz CT molecular complexity index is 1070. The Morgan fingerprint density at radius 1 is 0.926 bits per heavy atom. The van der Waals surface area contributed by atoms with Gasteiger partial charge in [-0.15, -0.1) is 0 Å². The largest absolute Gasteiger partial charge is 0.497 e. The van der Waals surface area contributed by atoms with Crippen molar-refractivity contribution in [3.8, 4) is 23.0 Å². The normalized spacial score (nSPS) is 13.1. The van der Waals surface area contributed by atoms with Crippen molar-refractivity contribution in [2.45, 2.75) is 4.90 Å². The standard InChI is InChI=1S/C19H22N2O5S/c1-23-13-6-7-15-14(10-13)18(11-20-15)27(5,22)21-12-8-16(24-2)19(26-4)17(9-12)25-3/h6-11,20H,1-5H3. The molecule has 1 atom stereocenters. The van der Waals surface area contributed by atoms with Gasteiger partial charge in [-0.3, -0.25) is 0 Å². The van der Waals surface area contributed by atoms with Gasteiger partial charge in [0, 0.05) is 35.5 Å². The van der Waals surface area contributed by atoms with E-state index >= 15 is 0 Å². The fraction of sp³-hybridized carbons (Fsp3) is 0.263. The minimum Gasteiger partial charge on any atom is -0.497 e. The van der Waals surface area contributed by atoms with E-state index < -0.39 is 9.73 Å². The lowest BCUT2D eigenvalue weighted by atomic mass is 10.2. The molecule has 0 bridgehead atoms. The van der Waals surface area contributed by atoms with E-state index in [9.17, 15) is 4.21 Å². The van der Waals surface area contributed by atoms with Crippen LogP contribution in [0.2, 0.25) is 0 Å². The van der Waals surface area contributed by atoms with Gasteiger partial charge in [-0.1, -0.05) is 0 Å². The molecule has 0 radical (unpaired) electrons. The molecule has 0 aliphatic heterocycles. The highest BCUT2D eigenvalue weighted by Gasteiger charge is 2.17. The van der Waals surface area contributed by atoms with E-state index in [4.69, 9.17) is 18.9 Å². The number of aromatic nitrogens is 1. The third-order valence-corrected chi connectivity index (χ3v) is 5.90. The van der Waals surface area contributed by atoms with E-state index in [-0.39, 0.29) is 0 Å². The average Bonchev–Trinajstić information content (AvgIpc) is 3.10. The van der Waals surface area contributed by atoms with Gasteiger partial charge in [0.15, 0.2) is 11.5 Å². The minimum absolute atomic E-state index is 0.450. The predicted molar refractivity (Wildman–Crippen MR) is 105 cm³/mol. The van der Waals surface area contributed by atoms with Crippen molar-refractivity contribution in [1.82, 2.24) is 4.98 Å². The summed E-state index contributed by atoms with van der Waals surface area (Å²) in [7, 11) is 3.41. The van der Waals surface area contributed by atoms with Crippen LogP contribution in [0.3, 0.4) is 0 Å². The van der Waals surface area contributed by atoms with Crippen LogP contribution in [0.15, 0.2) is 45.8 Å². The van der Waals surface area contributed by atoms with Crippen LogP contribution in [0.1, 0.15) is 0 Å². The van der Waals surface area contributed by atoms with E-state index in [0.717, 1.165) is 10.9 Å². The van der Waals surface area contributed by atoms with Crippen LogP contribution in [0.25, 0.3) is 10.9 Å². The Morgan fingerprint density at radius 3 is 2.15 bits per heavy atom. The quantitative estimate of drug-likeness (QED) is 0.688. The summed E-state index contributed by atoms with van der Waals surface area (Å²) in [6.07, 6.45) is 3.31. The molecule has 3 rings (SSSR count). The first-order chi connectivity index (χ1) is 12.9. The lowest BCUT2D eigenvalue weighted by Crippen LogP contribution is -1.97. The molecule has 7 nitrogen and oxygen atoms in total. The number of nitrogens with zero attached hydrogens (tertiary/aromatic N) is 1. The second-order valence-corrected chi connectivity index (χ2v) is 8.07. The van der Waals surface area contributed by atoms with Crippen molar-refractivity contribution in [1.29, 1.82) is 0 Å². The molecule has 1 N–H and O–H groups in total. The number of aromatic amines is 1. The Balaban J connectivity index is 2.18. The molecule has 2 aromatic carbocycles. The van der Waals surface area contributed by atoms with E-state index in [0.29, 0.717) is 33.6 Å². The van der Waals surface area contributed by atoms with Crippen LogP contribution in [0.5, 0.6) is 23.0 Å². The fourth-order valence-corrected chi connectivity index (χ4v) is 4.35. The summed E-state index contributed by atoms with van der Waals surface area (Å²) < 4.78 is 39.2. The number of ether oxygens (including phenoxy) is 4. The summed E-state index contributed by atoms with van der Waals surface area (Å²) >= 11 is 0. The summed E-state index contributed by atoms with van der Waals surface area (Å²) in [5, 5.41) is 0.804. The molecule has 8 heteroatoms. The second-order valence-electron chi connectivity index (χ2n) is 5.84. The molecule has 27 heavy (non-hydrogen) atoms. The van der Waals surface area contributed by atoms with Crippen LogP contribution >= 0.6 is 0 Å². The highest BCUT2D eigenvalue weighted by atomic mass is 32.2. The maximum absolute atomic E-state index is 13.4. The smallest absolute Gasteiger partial charge is 0.203 e. The van der Waals surface area contributed by atoms with Gasteiger partial charge in [-0.05, 0) is 18.2 Å². The zero-order valence-electron chi connectivity index (χ0n) is 15.9. The summed E-state index contributed by atoms with van der Waals surface area (Å²) in [4.78, 5) is 3.73. The first kappa shape index (κ1) is 18.9. The molecule has 144 valence electrons. The molecule has 0 saturated heterocycles. The van der Waals surface area contributed by atoms with E-state index in [1.165, 1.54) is 21.3 Å². The first-order valence-corrected chi connectivity index (χ1v) is 10.0. The van der Waals surface area contributed by atoms with Crippen molar-refractivity contribution in [2.24, 2.45) is 4.36 Å². The third-order valence-electron chi connectivity index (χ3n) is 4.19. The molecule has 0 spiro atoms. The highest BCUT2D eigenvalue weighted by molar-refractivity contribution is 7.93. The van der Waals surface area contributed by atoms with Crippen LogP contribution in [-0.4, -0.2) is 43.9 Å². The van der Waals surface area contributed by atoms with Crippen molar-refractivity contribution in [3.63, 3.8) is 0 Å². The Morgan fingerprint density at radius 2 is 1.59 bits per heavy atom. The highest BCUT2D eigenvalue weighted by Crippen LogP contribution is 2.41. The second kappa shape index (κ2) is 7.40. The summed E-state index contributed by atoms with van der Waals surface area (Å²) in [6, 6.07) is 8.90.